The van der Waals surface area contributed by atoms with E-state index in [0.717, 1.165) is 0 Å². The summed E-state index contributed by atoms with van der Waals surface area (Å²) in [6.07, 6.45) is -4.88. The molecule has 0 bridgehead atoms. The number of carbonyl (C=O) groups excluding carboxylic acids is 1. The van der Waals surface area contributed by atoms with Gasteiger partial charge in [0.2, 0.25) is 5.91 Å². The van der Waals surface area contributed by atoms with Gasteiger partial charge >= 0.3 is 6.18 Å². The summed E-state index contributed by atoms with van der Waals surface area (Å²) in [6.45, 7) is 0. The Kier molecular flexibility index (Phi) is 3.31. The van der Waals surface area contributed by atoms with Gasteiger partial charge in [0.15, 0.2) is 5.69 Å². The monoisotopic (exact) mass is 326 g/mol. The van der Waals surface area contributed by atoms with Gasteiger partial charge in [-0.3, -0.25) is 20.0 Å². The van der Waals surface area contributed by atoms with Gasteiger partial charge < -0.3 is 5.32 Å². The first-order valence-corrected chi connectivity index (χ1v) is 6.47. The predicted molar refractivity (Wildman–Crippen MR) is 71.8 cm³/mol. The van der Waals surface area contributed by atoms with E-state index in [-0.39, 0.29) is 23.5 Å². The van der Waals surface area contributed by atoms with Crippen molar-refractivity contribution in [2.75, 3.05) is 5.32 Å². The smallest absolute Gasteiger partial charge is 0.311 e. The summed E-state index contributed by atoms with van der Waals surface area (Å²) in [6, 6.07) is 5.07. The molecule has 1 atom stereocenters. The molecule has 1 aromatic heterocycles. The second kappa shape index (κ2) is 5.07. The number of nitro groups is 1. The molecule has 0 saturated heterocycles. The number of nitrogens with one attached hydrogen (secondary N) is 2. The van der Waals surface area contributed by atoms with Crippen molar-refractivity contribution in [3.63, 3.8) is 0 Å². The van der Waals surface area contributed by atoms with E-state index in [1.165, 1.54) is 24.3 Å². The van der Waals surface area contributed by atoms with Gasteiger partial charge in [-0.25, -0.2) is 0 Å². The van der Waals surface area contributed by atoms with Crippen molar-refractivity contribution in [1.29, 1.82) is 0 Å². The van der Waals surface area contributed by atoms with E-state index in [2.05, 4.69) is 15.5 Å². The van der Waals surface area contributed by atoms with Crippen molar-refractivity contribution in [3.05, 3.63) is 51.2 Å². The minimum Gasteiger partial charge on any atom is -0.311 e. The lowest BCUT2D eigenvalue weighted by molar-refractivity contribution is -0.384. The van der Waals surface area contributed by atoms with Crippen LogP contribution < -0.4 is 5.32 Å². The molecule has 23 heavy (non-hydrogen) atoms. The first-order valence-electron chi connectivity index (χ1n) is 6.47. The van der Waals surface area contributed by atoms with Crippen LogP contribution in [0.5, 0.6) is 0 Å². The van der Waals surface area contributed by atoms with Crippen molar-refractivity contribution in [1.82, 2.24) is 10.2 Å². The molecule has 2 heterocycles. The van der Waals surface area contributed by atoms with Crippen LogP contribution in [-0.4, -0.2) is 21.0 Å². The molecule has 10 heteroatoms. The van der Waals surface area contributed by atoms with E-state index in [0.29, 0.717) is 5.56 Å². The van der Waals surface area contributed by atoms with E-state index in [1.807, 2.05) is 0 Å². The summed E-state index contributed by atoms with van der Waals surface area (Å²) in [5.41, 5.74) is -1.07. The lowest BCUT2D eigenvalue weighted by Gasteiger charge is -2.23. The Balaban J connectivity index is 2.09. The number of rotatable bonds is 2. The second-order valence-corrected chi connectivity index (χ2v) is 5.01. The van der Waals surface area contributed by atoms with Gasteiger partial charge in [0.05, 0.1) is 4.92 Å². The fraction of sp³-hybridized carbons (Fsp3) is 0.231. The van der Waals surface area contributed by atoms with Crippen LogP contribution in [0.3, 0.4) is 0 Å². The van der Waals surface area contributed by atoms with Crippen LogP contribution in [0.25, 0.3) is 0 Å². The first kappa shape index (κ1) is 15.0. The molecule has 2 aromatic rings. The molecule has 0 aliphatic carbocycles. The number of halogens is 3. The number of non-ortho nitro benzene ring substituents is 1. The summed E-state index contributed by atoms with van der Waals surface area (Å²) in [7, 11) is 0. The molecular weight excluding hydrogens is 317 g/mol. The number of carbonyl (C=O) groups is 1. The number of fused-ring (bicyclic) bond motifs is 1. The number of benzene rings is 1. The highest BCUT2D eigenvalue weighted by Gasteiger charge is 2.43. The van der Waals surface area contributed by atoms with Crippen molar-refractivity contribution in [2.24, 2.45) is 0 Å². The van der Waals surface area contributed by atoms with Crippen LogP contribution in [0.2, 0.25) is 0 Å². The summed E-state index contributed by atoms with van der Waals surface area (Å²) in [5.74, 6) is -1.44. The molecule has 0 fully saturated rings. The summed E-state index contributed by atoms with van der Waals surface area (Å²) in [5, 5.41) is 18.4. The molecule has 1 aromatic carbocycles. The van der Waals surface area contributed by atoms with Gasteiger partial charge in [-0.15, -0.1) is 0 Å². The third kappa shape index (κ3) is 2.62. The lowest BCUT2D eigenvalue weighted by Crippen LogP contribution is -2.25. The van der Waals surface area contributed by atoms with E-state index in [4.69, 9.17) is 0 Å². The Labute approximate surface area is 126 Å². The van der Waals surface area contributed by atoms with Crippen LogP contribution in [-0.2, 0) is 11.0 Å². The largest absolute Gasteiger partial charge is 0.435 e. The molecule has 1 aliphatic rings. The van der Waals surface area contributed by atoms with E-state index in [9.17, 15) is 28.1 Å². The average molecular weight is 326 g/mol. The maximum atomic E-state index is 13.1. The zero-order valence-electron chi connectivity index (χ0n) is 11.3. The van der Waals surface area contributed by atoms with Gasteiger partial charge in [0.25, 0.3) is 5.69 Å². The fourth-order valence-electron chi connectivity index (χ4n) is 2.59. The molecular formula is C13H9F3N4O3. The second-order valence-electron chi connectivity index (χ2n) is 5.01. The fourth-order valence-corrected chi connectivity index (χ4v) is 2.59. The van der Waals surface area contributed by atoms with E-state index in [1.54, 1.807) is 0 Å². The molecule has 2 N–H and O–H groups in total. The van der Waals surface area contributed by atoms with Crippen LogP contribution in [0.4, 0.5) is 24.7 Å². The zero-order chi connectivity index (χ0) is 16.8. The molecule has 1 unspecified atom stereocenters. The van der Waals surface area contributed by atoms with Crippen molar-refractivity contribution in [3.8, 4) is 0 Å². The third-order valence-corrected chi connectivity index (χ3v) is 3.58. The molecule has 0 spiro atoms. The highest BCUT2D eigenvalue weighted by atomic mass is 19.4. The minimum atomic E-state index is -4.68. The summed E-state index contributed by atoms with van der Waals surface area (Å²) < 4.78 is 39.2. The Bertz CT molecular complexity index is 783. The number of nitrogens with zero attached hydrogens (tertiary/aromatic N) is 2. The maximum Gasteiger partial charge on any atom is 0.435 e. The number of amides is 1. The number of alkyl halides is 3. The number of nitro benzene ring substituents is 1. The number of H-pyrrole nitrogens is 1. The predicted octanol–water partition coefficient (Wildman–Crippen LogP) is 2.81. The van der Waals surface area contributed by atoms with Crippen molar-refractivity contribution < 1.29 is 22.9 Å². The van der Waals surface area contributed by atoms with Gasteiger partial charge in [-0.2, -0.15) is 18.3 Å². The first-order chi connectivity index (χ1) is 10.8. The maximum absolute atomic E-state index is 13.1. The Morgan fingerprint density at radius 1 is 1.26 bits per heavy atom. The molecule has 3 rings (SSSR count). The number of anilines is 1. The highest BCUT2D eigenvalue weighted by Crippen LogP contribution is 2.43. The molecule has 7 nitrogen and oxygen atoms in total. The van der Waals surface area contributed by atoms with Crippen LogP contribution in [0.1, 0.15) is 29.2 Å². The lowest BCUT2D eigenvalue weighted by atomic mass is 9.85. The van der Waals surface area contributed by atoms with Crippen LogP contribution in [0.15, 0.2) is 24.3 Å². The third-order valence-electron chi connectivity index (χ3n) is 3.58. The SMILES string of the molecule is O=C1CC(c2ccc([N+](=O)[O-])cc2)c2c(C(F)(F)F)n[nH]c2N1. The van der Waals surface area contributed by atoms with E-state index < -0.39 is 28.6 Å². The molecule has 0 radical (unpaired) electrons. The molecule has 1 amide bonds. The van der Waals surface area contributed by atoms with Crippen LogP contribution >= 0.6 is 0 Å². The highest BCUT2D eigenvalue weighted by molar-refractivity contribution is 5.94. The number of aromatic nitrogens is 2. The summed E-state index contributed by atoms with van der Waals surface area (Å²) in [4.78, 5) is 21.7. The molecule has 0 saturated carbocycles. The van der Waals surface area contributed by atoms with Gasteiger partial charge in [-0.05, 0) is 5.56 Å². The summed E-state index contributed by atoms with van der Waals surface area (Å²) >= 11 is 0. The van der Waals surface area contributed by atoms with Gasteiger partial charge in [0.1, 0.15) is 5.82 Å². The minimum absolute atomic E-state index is 0.100. The van der Waals surface area contributed by atoms with Crippen LogP contribution in [0, 0.1) is 10.1 Å². The Hall–Kier alpha value is -2.91. The molecule has 1 aliphatic heterocycles. The van der Waals surface area contributed by atoms with Crippen molar-refractivity contribution >= 4 is 17.4 Å². The number of hydrogen-bond acceptors (Lipinski definition) is 4. The Morgan fingerprint density at radius 2 is 1.91 bits per heavy atom. The van der Waals surface area contributed by atoms with Gasteiger partial charge in [0, 0.05) is 30.0 Å². The topological polar surface area (TPSA) is 101 Å². The average Bonchev–Trinajstić information content (AvgIpc) is 2.90. The standard InChI is InChI=1S/C13H9F3N4O3/c14-13(15,16)11-10-8(5-9(21)17-12(10)19-18-11)6-1-3-7(4-2-6)20(22)23/h1-4,8H,5H2,(H2,17,18,19,21). The normalized spacial score (nSPS) is 17.5. The quantitative estimate of drug-likeness (QED) is 0.654. The van der Waals surface area contributed by atoms with E-state index >= 15 is 0 Å². The number of aromatic amines is 1. The molecule has 120 valence electrons. The number of hydrogen-bond donors (Lipinski definition) is 2. The Morgan fingerprint density at radius 3 is 2.48 bits per heavy atom. The van der Waals surface area contributed by atoms with Crippen molar-refractivity contribution in [2.45, 2.75) is 18.5 Å². The zero-order valence-corrected chi connectivity index (χ0v) is 11.3. The van der Waals surface area contributed by atoms with Gasteiger partial charge in [-0.1, -0.05) is 12.1 Å².